The van der Waals surface area contributed by atoms with Crippen molar-refractivity contribution in [1.82, 2.24) is 15.1 Å². The quantitative estimate of drug-likeness (QED) is 0.901. The third kappa shape index (κ3) is 2.97. The molecule has 1 saturated heterocycles. The van der Waals surface area contributed by atoms with E-state index in [1.54, 1.807) is 4.68 Å². The highest BCUT2D eigenvalue weighted by Gasteiger charge is 2.34. The van der Waals surface area contributed by atoms with Crippen LogP contribution in [0.5, 0.6) is 0 Å². The summed E-state index contributed by atoms with van der Waals surface area (Å²) in [7, 11) is 1.90. The normalized spacial score (nSPS) is 21.4. The number of rotatable bonds is 3. The molecule has 1 aromatic carbocycles. The van der Waals surface area contributed by atoms with E-state index in [9.17, 15) is 4.79 Å². The number of aromatic nitrogens is 2. The first-order chi connectivity index (χ1) is 10.1. The van der Waals surface area contributed by atoms with Gasteiger partial charge in [-0.2, -0.15) is 5.10 Å². The minimum Gasteiger partial charge on any atom is -0.326 e. The predicted octanol–water partition coefficient (Wildman–Crippen LogP) is 1.67. The van der Waals surface area contributed by atoms with Gasteiger partial charge in [0.25, 0.3) is 0 Å². The molecule has 1 amide bonds. The van der Waals surface area contributed by atoms with E-state index >= 15 is 0 Å². The molecule has 5 nitrogen and oxygen atoms in total. The Morgan fingerprint density at radius 2 is 2.10 bits per heavy atom. The fraction of sp³-hybridized carbons (Fsp3) is 0.375. The Kier molecular flexibility index (Phi) is 3.75. The van der Waals surface area contributed by atoms with E-state index in [1.807, 2.05) is 50.6 Å². The fourth-order valence-electron chi connectivity index (χ4n) is 2.81. The maximum atomic E-state index is 12.5. The van der Waals surface area contributed by atoms with Gasteiger partial charge < -0.3 is 10.6 Å². The summed E-state index contributed by atoms with van der Waals surface area (Å²) in [6, 6.07) is 7.88. The monoisotopic (exact) mass is 284 g/mol. The molecule has 0 bridgehead atoms. The average Bonchev–Trinajstić information content (AvgIpc) is 3.09. The van der Waals surface area contributed by atoms with Gasteiger partial charge in [-0.3, -0.25) is 9.48 Å². The first-order valence-corrected chi connectivity index (χ1v) is 7.20. The molecule has 2 aromatic rings. The number of hydrogen-bond acceptors (Lipinski definition) is 3. The molecule has 1 aliphatic heterocycles. The molecule has 2 heterocycles. The highest BCUT2D eigenvalue weighted by atomic mass is 16.1. The second-order valence-corrected chi connectivity index (χ2v) is 5.67. The molecule has 1 aromatic heterocycles. The second-order valence-electron chi connectivity index (χ2n) is 5.67. The largest absolute Gasteiger partial charge is 0.326 e. The number of hydrogen-bond donors (Lipinski definition) is 2. The van der Waals surface area contributed by atoms with Gasteiger partial charge in [-0.15, -0.1) is 0 Å². The third-order valence-corrected chi connectivity index (χ3v) is 4.02. The van der Waals surface area contributed by atoms with Gasteiger partial charge in [-0.1, -0.05) is 17.7 Å². The summed E-state index contributed by atoms with van der Waals surface area (Å²) in [4.78, 5) is 12.5. The van der Waals surface area contributed by atoms with Crippen molar-refractivity contribution in [3.63, 3.8) is 0 Å². The van der Waals surface area contributed by atoms with Crippen molar-refractivity contribution in [3.05, 3.63) is 47.8 Å². The Hall–Kier alpha value is -2.14. The summed E-state index contributed by atoms with van der Waals surface area (Å²) in [6.07, 6.45) is 3.84. The summed E-state index contributed by atoms with van der Waals surface area (Å²) in [5, 5.41) is 10.5. The Morgan fingerprint density at radius 3 is 2.76 bits per heavy atom. The van der Waals surface area contributed by atoms with Crippen LogP contribution < -0.4 is 10.6 Å². The molecule has 21 heavy (non-hydrogen) atoms. The van der Waals surface area contributed by atoms with E-state index in [0.29, 0.717) is 6.54 Å². The lowest BCUT2D eigenvalue weighted by Gasteiger charge is -2.17. The third-order valence-electron chi connectivity index (χ3n) is 4.02. The van der Waals surface area contributed by atoms with Gasteiger partial charge in [0.15, 0.2) is 0 Å². The number of nitrogens with one attached hydrogen (secondary N) is 2. The van der Waals surface area contributed by atoms with Crippen molar-refractivity contribution >= 4 is 11.6 Å². The van der Waals surface area contributed by atoms with E-state index in [4.69, 9.17) is 0 Å². The highest BCUT2D eigenvalue weighted by molar-refractivity contribution is 5.93. The summed E-state index contributed by atoms with van der Waals surface area (Å²) >= 11 is 0. The molecule has 0 saturated carbocycles. The number of nitrogens with zero attached hydrogens (tertiary/aromatic N) is 2. The van der Waals surface area contributed by atoms with Crippen LogP contribution in [-0.4, -0.2) is 28.8 Å². The van der Waals surface area contributed by atoms with Crippen LogP contribution in [0.25, 0.3) is 0 Å². The van der Waals surface area contributed by atoms with Gasteiger partial charge in [0, 0.05) is 37.9 Å². The van der Waals surface area contributed by atoms with Crippen LogP contribution >= 0.6 is 0 Å². The Bertz CT molecular complexity index is 632. The smallest absolute Gasteiger partial charge is 0.229 e. The zero-order chi connectivity index (χ0) is 14.8. The maximum absolute atomic E-state index is 12.5. The van der Waals surface area contributed by atoms with Gasteiger partial charge in [-0.05, 0) is 24.6 Å². The lowest BCUT2D eigenvalue weighted by atomic mass is 9.90. The minimum absolute atomic E-state index is 0.0597. The zero-order valence-electron chi connectivity index (χ0n) is 12.3. The molecule has 0 aliphatic carbocycles. The van der Waals surface area contributed by atoms with Crippen molar-refractivity contribution < 1.29 is 4.79 Å². The molecule has 0 unspecified atom stereocenters. The molecular weight excluding hydrogens is 264 g/mol. The molecule has 3 rings (SSSR count). The van der Waals surface area contributed by atoms with Crippen LogP contribution in [0.4, 0.5) is 5.69 Å². The molecular formula is C16H20N4O. The SMILES string of the molecule is Cc1ccc(NC(=O)[C@H]2CNC[C@@H]2c2cnn(C)c2)cc1. The van der Waals surface area contributed by atoms with E-state index in [-0.39, 0.29) is 17.7 Å². The van der Waals surface area contributed by atoms with Crippen molar-refractivity contribution in [2.24, 2.45) is 13.0 Å². The Morgan fingerprint density at radius 1 is 1.33 bits per heavy atom. The number of benzene rings is 1. The number of carbonyl (C=O) groups excluding carboxylic acids is 1. The van der Waals surface area contributed by atoms with Crippen LogP contribution in [0.3, 0.4) is 0 Å². The van der Waals surface area contributed by atoms with Crippen molar-refractivity contribution in [2.45, 2.75) is 12.8 Å². The Labute approximate surface area is 124 Å². The lowest BCUT2D eigenvalue weighted by Crippen LogP contribution is -2.28. The average molecular weight is 284 g/mol. The van der Waals surface area contributed by atoms with Gasteiger partial charge >= 0.3 is 0 Å². The predicted molar refractivity (Wildman–Crippen MR) is 82.1 cm³/mol. The van der Waals surface area contributed by atoms with Crippen molar-refractivity contribution in [3.8, 4) is 0 Å². The van der Waals surface area contributed by atoms with Crippen LogP contribution in [0.1, 0.15) is 17.0 Å². The van der Waals surface area contributed by atoms with Gasteiger partial charge in [0.05, 0.1) is 12.1 Å². The van der Waals surface area contributed by atoms with E-state index in [2.05, 4.69) is 15.7 Å². The van der Waals surface area contributed by atoms with Gasteiger partial charge in [0.1, 0.15) is 0 Å². The summed E-state index contributed by atoms with van der Waals surface area (Å²) < 4.78 is 1.78. The van der Waals surface area contributed by atoms with Crippen molar-refractivity contribution in [1.29, 1.82) is 0 Å². The second kappa shape index (κ2) is 5.69. The van der Waals surface area contributed by atoms with E-state index in [0.717, 1.165) is 17.8 Å². The standard InChI is InChI=1S/C16H20N4O/c1-11-3-5-13(6-4-11)19-16(21)15-9-17-8-14(15)12-7-18-20(2)10-12/h3-7,10,14-15,17H,8-9H2,1-2H3,(H,19,21)/t14-,15+/m1/s1. The first-order valence-electron chi connectivity index (χ1n) is 7.20. The lowest BCUT2D eigenvalue weighted by molar-refractivity contribution is -0.119. The van der Waals surface area contributed by atoms with E-state index in [1.165, 1.54) is 5.56 Å². The van der Waals surface area contributed by atoms with Crippen LogP contribution in [0, 0.1) is 12.8 Å². The summed E-state index contributed by atoms with van der Waals surface area (Å²) in [5.41, 5.74) is 3.15. The van der Waals surface area contributed by atoms with Crippen LogP contribution in [0.15, 0.2) is 36.7 Å². The number of amides is 1. The Balaban J connectivity index is 1.72. The highest BCUT2D eigenvalue weighted by Crippen LogP contribution is 2.28. The topological polar surface area (TPSA) is 59.0 Å². The fourth-order valence-corrected chi connectivity index (χ4v) is 2.81. The molecule has 2 N–H and O–H groups in total. The number of aryl methyl sites for hydroxylation is 2. The molecule has 1 aliphatic rings. The van der Waals surface area contributed by atoms with Gasteiger partial charge in [-0.25, -0.2) is 0 Å². The first kappa shape index (κ1) is 13.8. The molecule has 5 heteroatoms. The van der Waals surface area contributed by atoms with Crippen LogP contribution in [-0.2, 0) is 11.8 Å². The summed E-state index contributed by atoms with van der Waals surface area (Å²) in [5.74, 6) is 0.192. The maximum Gasteiger partial charge on any atom is 0.229 e. The molecule has 1 fully saturated rings. The summed E-state index contributed by atoms with van der Waals surface area (Å²) in [6.45, 7) is 3.56. The molecule has 0 spiro atoms. The van der Waals surface area contributed by atoms with Gasteiger partial charge in [0.2, 0.25) is 5.91 Å². The molecule has 2 atom stereocenters. The molecule has 0 radical (unpaired) electrons. The minimum atomic E-state index is -0.0597. The molecule has 110 valence electrons. The van der Waals surface area contributed by atoms with Crippen LogP contribution in [0.2, 0.25) is 0 Å². The zero-order valence-corrected chi connectivity index (χ0v) is 12.3. The van der Waals surface area contributed by atoms with E-state index < -0.39 is 0 Å². The number of carbonyl (C=O) groups is 1. The number of anilines is 1. The van der Waals surface area contributed by atoms with Crippen molar-refractivity contribution in [2.75, 3.05) is 18.4 Å².